The number of ether oxygens (including phenoxy) is 1. The maximum atomic E-state index is 12.7. The van der Waals surface area contributed by atoms with Crippen molar-refractivity contribution in [3.63, 3.8) is 0 Å². The Hall–Kier alpha value is -3.67. The van der Waals surface area contributed by atoms with Gasteiger partial charge in [0.25, 0.3) is 5.69 Å². The van der Waals surface area contributed by atoms with Crippen molar-refractivity contribution in [1.29, 1.82) is 0 Å². The van der Waals surface area contributed by atoms with Crippen molar-refractivity contribution in [2.45, 2.75) is 6.10 Å². The lowest BCUT2D eigenvalue weighted by atomic mass is 10.1. The number of fused-ring (bicyclic) bond motifs is 3. The van der Waals surface area contributed by atoms with Gasteiger partial charge in [-0.05, 0) is 23.3 Å². The zero-order chi connectivity index (χ0) is 19.0. The molecule has 0 heterocycles. The van der Waals surface area contributed by atoms with Gasteiger partial charge in [0.15, 0.2) is 6.10 Å². The van der Waals surface area contributed by atoms with E-state index in [1.54, 1.807) is 7.05 Å². The Kier molecular flexibility index (Phi) is 4.08. The Morgan fingerprint density at radius 2 is 1.59 bits per heavy atom. The molecule has 6 heteroatoms. The fraction of sp³-hybridized carbons (Fsp3) is 0.0952. The Bertz CT molecular complexity index is 1020. The van der Waals surface area contributed by atoms with Crippen LogP contribution in [0.4, 0.5) is 11.4 Å². The molecule has 0 unspecified atom stereocenters. The third-order valence-electron chi connectivity index (χ3n) is 4.70. The molecule has 0 atom stereocenters. The first-order chi connectivity index (χ1) is 13.1. The average Bonchev–Trinajstić information content (AvgIpc) is 3.01. The van der Waals surface area contributed by atoms with Gasteiger partial charge in [-0.25, -0.2) is 4.79 Å². The van der Waals surface area contributed by atoms with Gasteiger partial charge in [-0.2, -0.15) is 0 Å². The van der Waals surface area contributed by atoms with Crippen LogP contribution in [-0.4, -0.2) is 17.9 Å². The van der Waals surface area contributed by atoms with Crippen molar-refractivity contribution in [3.05, 3.63) is 93.5 Å². The summed E-state index contributed by atoms with van der Waals surface area (Å²) in [6.07, 6.45) is -0.534. The molecule has 0 spiro atoms. The summed E-state index contributed by atoms with van der Waals surface area (Å²) in [5.41, 5.74) is 4.20. The maximum Gasteiger partial charge on any atom is 0.339 e. The number of carbonyl (C=O) groups excluding carboxylic acids is 1. The number of benzene rings is 3. The largest absolute Gasteiger partial charge is 0.449 e. The van der Waals surface area contributed by atoms with Gasteiger partial charge in [-0.1, -0.05) is 48.5 Å². The minimum absolute atomic E-state index is 0.141. The zero-order valence-corrected chi connectivity index (χ0v) is 14.5. The van der Waals surface area contributed by atoms with E-state index in [-0.39, 0.29) is 11.3 Å². The quantitative estimate of drug-likeness (QED) is 0.419. The highest BCUT2D eigenvalue weighted by Crippen LogP contribution is 2.45. The Morgan fingerprint density at radius 1 is 1.00 bits per heavy atom. The predicted octanol–water partition coefficient (Wildman–Crippen LogP) is 4.56. The summed E-state index contributed by atoms with van der Waals surface area (Å²) in [6.45, 7) is 0. The Labute approximate surface area is 155 Å². The average molecular weight is 360 g/mol. The van der Waals surface area contributed by atoms with Crippen LogP contribution in [0.3, 0.4) is 0 Å². The molecular weight excluding hydrogens is 344 g/mol. The van der Waals surface area contributed by atoms with E-state index < -0.39 is 17.0 Å². The van der Waals surface area contributed by atoms with Crippen LogP contribution in [0.25, 0.3) is 11.1 Å². The predicted molar refractivity (Wildman–Crippen MR) is 102 cm³/mol. The van der Waals surface area contributed by atoms with Crippen molar-refractivity contribution in [1.82, 2.24) is 0 Å². The van der Waals surface area contributed by atoms with E-state index in [1.165, 1.54) is 18.2 Å². The highest BCUT2D eigenvalue weighted by atomic mass is 16.6. The first kappa shape index (κ1) is 16.8. The Balaban J connectivity index is 1.70. The summed E-state index contributed by atoms with van der Waals surface area (Å²) >= 11 is 0. The number of hydrogen-bond donors (Lipinski definition) is 1. The van der Waals surface area contributed by atoms with Gasteiger partial charge in [-0.15, -0.1) is 0 Å². The topological polar surface area (TPSA) is 81.5 Å². The van der Waals surface area contributed by atoms with Crippen LogP contribution >= 0.6 is 0 Å². The molecule has 1 N–H and O–H groups in total. The minimum atomic E-state index is -0.600. The summed E-state index contributed by atoms with van der Waals surface area (Å²) in [6, 6.07) is 19.8. The lowest BCUT2D eigenvalue weighted by molar-refractivity contribution is -0.384. The molecule has 1 aliphatic rings. The first-order valence-corrected chi connectivity index (χ1v) is 8.45. The van der Waals surface area contributed by atoms with Gasteiger partial charge in [-0.3, -0.25) is 10.1 Å². The molecule has 0 saturated carbocycles. The molecule has 4 rings (SSSR count). The third kappa shape index (κ3) is 2.81. The van der Waals surface area contributed by atoms with E-state index >= 15 is 0 Å². The number of nitrogens with zero attached hydrogens (tertiary/aromatic N) is 1. The number of esters is 1. The molecule has 1 aliphatic carbocycles. The number of anilines is 1. The molecule has 0 fully saturated rings. The van der Waals surface area contributed by atoms with Crippen LogP contribution in [0, 0.1) is 10.1 Å². The first-order valence-electron chi connectivity index (χ1n) is 8.45. The van der Waals surface area contributed by atoms with E-state index in [0.29, 0.717) is 5.69 Å². The van der Waals surface area contributed by atoms with Gasteiger partial charge in [0.2, 0.25) is 0 Å². The lowest BCUT2D eigenvalue weighted by Crippen LogP contribution is -2.11. The second-order valence-corrected chi connectivity index (χ2v) is 6.20. The second kappa shape index (κ2) is 6.57. The molecule has 0 bridgehead atoms. The van der Waals surface area contributed by atoms with Crippen LogP contribution in [0.1, 0.15) is 27.6 Å². The molecule has 134 valence electrons. The number of nitro groups is 1. The molecule has 3 aromatic carbocycles. The van der Waals surface area contributed by atoms with Crippen molar-refractivity contribution in [3.8, 4) is 11.1 Å². The highest BCUT2D eigenvalue weighted by molar-refractivity contribution is 5.92. The number of carbonyl (C=O) groups is 1. The third-order valence-corrected chi connectivity index (χ3v) is 4.70. The number of nitro benzene ring substituents is 1. The monoisotopic (exact) mass is 360 g/mol. The van der Waals surface area contributed by atoms with Crippen molar-refractivity contribution < 1.29 is 14.5 Å². The smallest absolute Gasteiger partial charge is 0.339 e. The van der Waals surface area contributed by atoms with Crippen molar-refractivity contribution in [2.24, 2.45) is 0 Å². The van der Waals surface area contributed by atoms with Crippen LogP contribution in [-0.2, 0) is 4.74 Å². The van der Waals surface area contributed by atoms with Crippen LogP contribution in [0.15, 0.2) is 66.7 Å². The van der Waals surface area contributed by atoms with Crippen molar-refractivity contribution in [2.75, 3.05) is 12.4 Å². The molecule has 0 radical (unpaired) electrons. The van der Waals surface area contributed by atoms with E-state index in [2.05, 4.69) is 5.32 Å². The standard InChI is InChI=1S/C21H16N2O4/c1-22-18-11-10-13(12-19(18)23(25)26)21(24)27-20-16-8-4-2-6-14(16)15-7-3-5-9-17(15)20/h2-12,20,22H,1H3. The molecule has 3 aromatic rings. The van der Waals surface area contributed by atoms with Crippen LogP contribution < -0.4 is 5.32 Å². The van der Waals surface area contributed by atoms with Crippen LogP contribution in [0.2, 0.25) is 0 Å². The second-order valence-electron chi connectivity index (χ2n) is 6.20. The molecule has 0 aliphatic heterocycles. The summed E-state index contributed by atoms with van der Waals surface area (Å²) in [4.78, 5) is 23.4. The SMILES string of the molecule is CNc1ccc(C(=O)OC2c3ccccc3-c3ccccc32)cc1[N+](=O)[O-]. The molecule has 0 amide bonds. The fourth-order valence-electron chi connectivity index (χ4n) is 3.43. The summed E-state index contributed by atoms with van der Waals surface area (Å²) < 4.78 is 5.78. The Morgan fingerprint density at radius 3 is 2.15 bits per heavy atom. The van der Waals surface area contributed by atoms with E-state index in [9.17, 15) is 14.9 Å². The van der Waals surface area contributed by atoms with E-state index in [0.717, 1.165) is 22.3 Å². The van der Waals surface area contributed by atoms with Gasteiger partial charge in [0, 0.05) is 24.2 Å². The maximum absolute atomic E-state index is 12.7. The van der Waals surface area contributed by atoms with Gasteiger partial charge >= 0.3 is 5.97 Å². The molecule has 0 aromatic heterocycles. The summed E-state index contributed by atoms with van der Waals surface area (Å²) in [5.74, 6) is -0.600. The number of hydrogen-bond acceptors (Lipinski definition) is 5. The summed E-state index contributed by atoms with van der Waals surface area (Å²) in [5, 5.41) is 14.0. The molecule has 6 nitrogen and oxygen atoms in total. The van der Waals surface area contributed by atoms with Gasteiger partial charge in [0.1, 0.15) is 5.69 Å². The highest BCUT2D eigenvalue weighted by Gasteiger charge is 2.31. The summed E-state index contributed by atoms with van der Waals surface area (Å²) in [7, 11) is 1.59. The van der Waals surface area contributed by atoms with Gasteiger partial charge < -0.3 is 10.1 Å². The minimum Gasteiger partial charge on any atom is -0.449 e. The van der Waals surface area contributed by atoms with E-state index in [1.807, 2.05) is 48.5 Å². The normalized spacial score (nSPS) is 12.2. The lowest BCUT2D eigenvalue weighted by Gasteiger charge is -2.15. The molecular formula is C21H16N2O4. The van der Waals surface area contributed by atoms with Crippen LogP contribution in [0.5, 0.6) is 0 Å². The number of nitrogens with one attached hydrogen (secondary N) is 1. The fourth-order valence-corrected chi connectivity index (χ4v) is 3.43. The van der Waals surface area contributed by atoms with Gasteiger partial charge in [0.05, 0.1) is 10.5 Å². The number of rotatable bonds is 4. The molecule has 0 saturated heterocycles. The van der Waals surface area contributed by atoms with Crippen molar-refractivity contribution >= 4 is 17.3 Å². The zero-order valence-electron chi connectivity index (χ0n) is 14.5. The van der Waals surface area contributed by atoms with E-state index in [4.69, 9.17) is 4.74 Å². The molecule has 27 heavy (non-hydrogen) atoms.